The average Bonchev–Trinajstić information content (AvgIpc) is 2.56. The first-order chi connectivity index (χ1) is 11.7. The molecule has 0 saturated carbocycles. The zero-order valence-electron chi connectivity index (χ0n) is 13.8. The van der Waals surface area contributed by atoms with Crippen LogP contribution in [-0.2, 0) is 14.8 Å². The van der Waals surface area contributed by atoms with Gasteiger partial charge in [0.15, 0.2) is 0 Å². The van der Waals surface area contributed by atoms with Crippen LogP contribution in [0.2, 0.25) is 5.02 Å². The second-order valence-electron chi connectivity index (χ2n) is 5.56. The van der Waals surface area contributed by atoms with Crippen molar-refractivity contribution in [2.45, 2.75) is 34.9 Å². The van der Waals surface area contributed by atoms with E-state index in [0.717, 1.165) is 10.5 Å². The van der Waals surface area contributed by atoms with Crippen LogP contribution < -0.4 is 10.5 Å². The van der Waals surface area contributed by atoms with Gasteiger partial charge in [-0.1, -0.05) is 23.7 Å². The summed E-state index contributed by atoms with van der Waals surface area (Å²) < 4.78 is 22.5. The summed E-state index contributed by atoms with van der Waals surface area (Å²) in [5, 5.41) is 8.36. The van der Waals surface area contributed by atoms with E-state index in [1.165, 1.54) is 23.9 Å². The van der Waals surface area contributed by atoms with E-state index in [1.807, 2.05) is 26.0 Å². The molecular weight excluding hydrogens is 380 g/mol. The Kier molecular flexibility index (Phi) is 6.51. The van der Waals surface area contributed by atoms with Crippen LogP contribution in [0.25, 0.3) is 0 Å². The van der Waals surface area contributed by atoms with Crippen LogP contribution in [0.1, 0.15) is 25.5 Å². The lowest BCUT2D eigenvalue weighted by Gasteiger charge is -2.18. The second-order valence-corrected chi connectivity index (χ2v) is 8.97. The molecular formula is C17H19ClN2O3S2. The number of nitrogens with one attached hydrogen (secondary N) is 1. The molecule has 0 aromatic heterocycles. The average molecular weight is 399 g/mol. The van der Waals surface area contributed by atoms with Gasteiger partial charge in [-0.25, -0.2) is 13.6 Å². The van der Waals surface area contributed by atoms with Crippen LogP contribution >= 0.6 is 23.4 Å². The van der Waals surface area contributed by atoms with E-state index >= 15 is 0 Å². The molecule has 134 valence electrons. The number of hydrogen-bond acceptors (Lipinski definition) is 4. The molecule has 25 heavy (non-hydrogen) atoms. The minimum Gasteiger partial charge on any atom is -0.349 e. The van der Waals surface area contributed by atoms with E-state index in [-0.39, 0.29) is 22.1 Å². The van der Waals surface area contributed by atoms with Gasteiger partial charge in [-0.15, -0.1) is 11.8 Å². The van der Waals surface area contributed by atoms with Crippen LogP contribution in [0.4, 0.5) is 0 Å². The van der Waals surface area contributed by atoms with Crippen molar-refractivity contribution in [3.05, 3.63) is 59.1 Å². The van der Waals surface area contributed by atoms with Gasteiger partial charge in [0.25, 0.3) is 0 Å². The van der Waals surface area contributed by atoms with E-state index < -0.39 is 10.0 Å². The molecule has 8 heteroatoms. The van der Waals surface area contributed by atoms with Crippen molar-refractivity contribution in [3.8, 4) is 0 Å². The van der Waals surface area contributed by atoms with Crippen LogP contribution in [0.5, 0.6) is 0 Å². The van der Waals surface area contributed by atoms with Gasteiger partial charge >= 0.3 is 0 Å². The molecule has 0 aliphatic heterocycles. The fourth-order valence-corrected chi connectivity index (χ4v) is 3.65. The fourth-order valence-electron chi connectivity index (χ4n) is 2.13. The molecule has 0 spiro atoms. The van der Waals surface area contributed by atoms with E-state index in [9.17, 15) is 13.2 Å². The summed E-state index contributed by atoms with van der Waals surface area (Å²) >= 11 is 7.29. The number of rotatable bonds is 6. The molecule has 0 unspecified atom stereocenters. The Morgan fingerprint density at radius 2 is 1.64 bits per heavy atom. The van der Waals surface area contributed by atoms with Crippen molar-refractivity contribution in [1.29, 1.82) is 0 Å². The zero-order valence-corrected chi connectivity index (χ0v) is 16.2. The largest absolute Gasteiger partial charge is 0.349 e. The zero-order chi connectivity index (χ0) is 18.6. The summed E-state index contributed by atoms with van der Waals surface area (Å²) in [6.07, 6.45) is 0. The van der Waals surface area contributed by atoms with Crippen molar-refractivity contribution in [1.82, 2.24) is 5.32 Å². The lowest BCUT2D eigenvalue weighted by Crippen LogP contribution is -2.33. The highest BCUT2D eigenvalue weighted by molar-refractivity contribution is 8.00. The number of hydrogen-bond donors (Lipinski definition) is 2. The fraction of sp³-hybridized carbons (Fsp3) is 0.235. The van der Waals surface area contributed by atoms with Crippen LogP contribution in [0.3, 0.4) is 0 Å². The summed E-state index contributed by atoms with van der Waals surface area (Å²) in [5.41, 5.74) is 0.796. The number of primary sulfonamides is 1. The van der Waals surface area contributed by atoms with Crippen molar-refractivity contribution in [3.63, 3.8) is 0 Å². The molecule has 0 aliphatic rings. The number of carbonyl (C=O) groups is 1. The van der Waals surface area contributed by atoms with Crippen molar-refractivity contribution >= 4 is 39.3 Å². The molecule has 0 aliphatic carbocycles. The van der Waals surface area contributed by atoms with Gasteiger partial charge in [0, 0.05) is 9.92 Å². The lowest BCUT2D eigenvalue weighted by atomic mass is 10.1. The molecule has 2 aromatic carbocycles. The lowest BCUT2D eigenvalue weighted by molar-refractivity contribution is -0.120. The third-order valence-corrected chi connectivity index (χ3v) is 5.86. The highest BCUT2D eigenvalue weighted by Crippen LogP contribution is 2.25. The van der Waals surface area contributed by atoms with Crippen molar-refractivity contribution in [2.24, 2.45) is 5.14 Å². The molecule has 0 fully saturated rings. The first kappa shape index (κ1) is 19.8. The monoisotopic (exact) mass is 398 g/mol. The first-order valence-corrected chi connectivity index (χ1v) is 10.3. The predicted octanol–water partition coefficient (Wildman–Crippen LogP) is 3.35. The minimum absolute atomic E-state index is 0.0430. The predicted molar refractivity (Wildman–Crippen MR) is 101 cm³/mol. The topological polar surface area (TPSA) is 89.3 Å². The van der Waals surface area contributed by atoms with Gasteiger partial charge < -0.3 is 5.32 Å². The third kappa shape index (κ3) is 5.74. The highest BCUT2D eigenvalue weighted by Gasteiger charge is 2.18. The maximum Gasteiger partial charge on any atom is 0.238 e. The van der Waals surface area contributed by atoms with Gasteiger partial charge in [0.05, 0.1) is 16.2 Å². The molecule has 5 nitrogen and oxygen atoms in total. The van der Waals surface area contributed by atoms with Crippen molar-refractivity contribution < 1.29 is 13.2 Å². The number of amides is 1. The number of benzene rings is 2. The molecule has 1 amide bonds. The molecule has 0 heterocycles. The molecule has 0 bridgehead atoms. The van der Waals surface area contributed by atoms with Crippen molar-refractivity contribution in [2.75, 3.05) is 0 Å². The normalized spacial score (nSPS) is 13.9. The quantitative estimate of drug-likeness (QED) is 0.730. The Balaban J connectivity index is 1.97. The number of thioether (sulfide) groups is 1. The third-order valence-electron chi connectivity index (χ3n) is 3.56. The summed E-state index contributed by atoms with van der Waals surface area (Å²) in [6.45, 7) is 3.66. The van der Waals surface area contributed by atoms with E-state index in [4.69, 9.17) is 16.7 Å². The molecule has 2 aromatic rings. The first-order valence-electron chi connectivity index (χ1n) is 7.52. The Hall–Kier alpha value is -1.54. The maximum absolute atomic E-state index is 12.4. The summed E-state index contributed by atoms with van der Waals surface area (Å²) in [5.74, 6) is -0.108. The van der Waals surface area contributed by atoms with Gasteiger partial charge in [0.2, 0.25) is 15.9 Å². The van der Waals surface area contributed by atoms with E-state index in [2.05, 4.69) is 5.32 Å². The van der Waals surface area contributed by atoms with Gasteiger partial charge in [-0.3, -0.25) is 4.79 Å². The number of nitrogens with two attached hydrogens (primary N) is 1. The summed E-state index contributed by atoms with van der Waals surface area (Å²) in [6, 6.07) is 13.2. The van der Waals surface area contributed by atoms with E-state index in [0.29, 0.717) is 5.02 Å². The Bertz CT molecular complexity index is 837. The highest BCUT2D eigenvalue weighted by atomic mass is 35.5. The SMILES string of the molecule is C[C@H](Sc1ccc(Cl)cc1)C(=O)N[C@H](C)c1ccc(S(N)(=O)=O)cc1. The minimum atomic E-state index is -3.72. The van der Waals surface area contributed by atoms with Gasteiger partial charge in [-0.05, 0) is 55.8 Å². The Morgan fingerprint density at radius 1 is 1.08 bits per heavy atom. The van der Waals surface area contributed by atoms with Crippen LogP contribution in [0, 0.1) is 0 Å². The Morgan fingerprint density at radius 3 is 2.16 bits per heavy atom. The van der Waals surface area contributed by atoms with Crippen LogP contribution in [0.15, 0.2) is 58.3 Å². The number of halogens is 1. The molecule has 2 atom stereocenters. The maximum atomic E-state index is 12.4. The smallest absolute Gasteiger partial charge is 0.238 e. The molecule has 3 N–H and O–H groups in total. The summed E-state index contributed by atoms with van der Waals surface area (Å²) in [7, 11) is -3.72. The standard InChI is InChI=1S/C17H19ClN2O3S2/c1-11(13-3-9-16(10-4-13)25(19,22)23)20-17(21)12(2)24-15-7-5-14(18)6-8-15/h3-12H,1-2H3,(H,20,21)(H2,19,22,23)/t11-,12+/m1/s1. The number of carbonyl (C=O) groups excluding carboxylic acids is 1. The van der Waals surface area contributed by atoms with Gasteiger partial charge in [-0.2, -0.15) is 0 Å². The van der Waals surface area contributed by atoms with Gasteiger partial charge in [0.1, 0.15) is 0 Å². The van der Waals surface area contributed by atoms with E-state index in [1.54, 1.807) is 24.3 Å². The van der Waals surface area contributed by atoms with Crippen LogP contribution in [-0.4, -0.2) is 19.6 Å². The number of sulfonamides is 1. The molecule has 0 saturated heterocycles. The second kappa shape index (κ2) is 8.23. The Labute approximate surface area is 157 Å². The molecule has 0 radical (unpaired) electrons. The molecule has 2 rings (SSSR count). The summed E-state index contributed by atoms with van der Waals surface area (Å²) in [4.78, 5) is 13.3.